The van der Waals surface area contributed by atoms with Gasteiger partial charge in [-0.2, -0.15) is 18.3 Å². The maximum absolute atomic E-state index is 14.1. The summed E-state index contributed by atoms with van der Waals surface area (Å²) in [7, 11) is 0. The first kappa shape index (κ1) is 25.0. The number of fused-ring (bicyclic) bond motifs is 2. The van der Waals surface area contributed by atoms with Gasteiger partial charge in [-0.05, 0) is 54.2 Å². The lowest BCUT2D eigenvalue weighted by Gasteiger charge is -2.20. The lowest BCUT2D eigenvalue weighted by molar-refractivity contribution is -0.138. The van der Waals surface area contributed by atoms with E-state index in [4.69, 9.17) is 14.6 Å². The van der Waals surface area contributed by atoms with E-state index in [9.17, 15) is 18.0 Å². The van der Waals surface area contributed by atoms with Crippen molar-refractivity contribution in [3.63, 3.8) is 0 Å². The number of aromatic nitrogens is 3. The van der Waals surface area contributed by atoms with Crippen LogP contribution in [0.2, 0.25) is 0 Å². The van der Waals surface area contributed by atoms with Crippen molar-refractivity contribution in [1.29, 1.82) is 0 Å². The fraction of sp³-hybridized carbons (Fsp3) is 0.276. The van der Waals surface area contributed by atoms with Crippen LogP contribution in [0.3, 0.4) is 0 Å². The predicted molar refractivity (Wildman–Crippen MR) is 136 cm³/mol. The molecule has 1 aliphatic heterocycles. The molecule has 0 radical (unpaired) electrons. The number of alkyl halides is 3. The van der Waals surface area contributed by atoms with Gasteiger partial charge in [0.2, 0.25) is 0 Å². The van der Waals surface area contributed by atoms with Gasteiger partial charge in [0, 0.05) is 23.1 Å². The fourth-order valence-corrected chi connectivity index (χ4v) is 5.49. The molecule has 0 saturated carbocycles. The Kier molecular flexibility index (Phi) is 6.05. The van der Waals surface area contributed by atoms with Crippen LogP contribution in [-0.2, 0) is 17.4 Å². The van der Waals surface area contributed by atoms with Crippen LogP contribution < -0.4 is 9.47 Å². The summed E-state index contributed by atoms with van der Waals surface area (Å²) >= 11 is 0. The number of halogens is 3. The first-order valence-corrected chi connectivity index (χ1v) is 12.6. The number of aliphatic carboxylic acids is 1. The minimum absolute atomic E-state index is 0.0215. The molecule has 1 aromatic heterocycles. The van der Waals surface area contributed by atoms with E-state index in [1.165, 1.54) is 6.07 Å². The first-order chi connectivity index (χ1) is 18.7. The van der Waals surface area contributed by atoms with E-state index in [0.717, 1.165) is 17.2 Å². The van der Waals surface area contributed by atoms with Crippen molar-refractivity contribution in [3.05, 3.63) is 82.7 Å². The summed E-state index contributed by atoms with van der Waals surface area (Å²) in [5, 5.41) is 16.0. The summed E-state index contributed by atoms with van der Waals surface area (Å²) in [6.45, 7) is 2.06. The topological polar surface area (TPSA) is 97.3 Å². The number of rotatable bonds is 6. The Morgan fingerprint density at radius 1 is 1.10 bits per heavy atom. The molecule has 1 aliphatic carbocycles. The summed E-state index contributed by atoms with van der Waals surface area (Å²) in [6.07, 6.45) is -4.01. The van der Waals surface area contributed by atoms with Crippen molar-refractivity contribution < 1.29 is 32.5 Å². The lowest BCUT2D eigenvalue weighted by Crippen LogP contribution is -2.10. The maximum Gasteiger partial charge on any atom is 0.417 e. The van der Waals surface area contributed by atoms with Gasteiger partial charge in [-0.1, -0.05) is 36.4 Å². The zero-order valence-corrected chi connectivity index (χ0v) is 20.9. The number of aryl methyl sites for hydroxylation is 1. The van der Waals surface area contributed by atoms with E-state index < -0.39 is 23.8 Å². The molecule has 3 aromatic carbocycles. The maximum atomic E-state index is 14.1. The molecule has 0 amide bonds. The summed E-state index contributed by atoms with van der Waals surface area (Å²) in [6, 6.07) is 14.7. The van der Waals surface area contributed by atoms with Gasteiger partial charge in [0.15, 0.2) is 5.82 Å². The number of carboxylic acid groups (broad SMARTS) is 1. The number of aromatic amines is 1. The Morgan fingerprint density at radius 3 is 2.54 bits per heavy atom. The van der Waals surface area contributed by atoms with E-state index in [2.05, 4.69) is 15.2 Å². The van der Waals surface area contributed by atoms with Gasteiger partial charge in [0.1, 0.15) is 23.4 Å². The molecule has 0 spiro atoms. The molecule has 2 N–H and O–H groups in total. The summed E-state index contributed by atoms with van der Waals surface area (Å²) in [5.41, 5.74) is 2.81. The van der Waals surface area contributed by atoms with Crippen LogP contribution in [0, 0.1) is 6.92 Å². The number of carboxylic acids is 1. The van der Waals surface area contributed by atoms with Gasteiger partial charge in [-0.25, -0.2) is 4.98 Å². The van der Waals surface area contributed by atoms with Crippen LogP contribution >= 0.6 is 0 Å². The first-order valence-electron chi connectivity index (χ1n) is 12.6. The molecule has 2 aliphatic rings. The number of benzene rings is 3. The normalized spacial score (nSPS) is 17.9. The highest BCUT2D eigenvalue weighted by Crippen LogP contribution is 2.47. The Bertz CT molecular complexity index is 1560. The third kappa shape index (κ3) is 4.71. The van der Waals surface area contributed by atoms with Crippen molar-refractivity contribution >= 4 is 5.97 Å². The largest absolute Gasteiger partial charge is 0.492 e. The molecule has 4 aromatic rings. The van der Waals surface area contributed by atoms with Gasteiger partial charge in [-0.15, -0.1) is 0 Å². The van der Waals surface area contributed by atoms with Gasteiger partial charge in [0.05, 0.1) is 18.6 Å². The fourth-order valence-electron chi connectivity index (χ4n) is 5.49. The average Bonchev–Trinajstić information content (AvgIpc) is 3.62. The Labute approximate surface area is 221 Å². The molecule has 7 nitrogen and oxygen atoms in total. The van der Waals surface area contributed by atoms with Crippen LogP contribution in [0.4, 0.5) is 13.2 Å². The second kappa shape index (κ2) is 9.44. The van der Waals surface area contributed by atoms with Crippen molar-refractivity contribution in [2.75, 3.05) is 6.61 Å². The SMILES string of the molecule is Cc1nc(-c2ccc(-c3c(C(F)(F)F)ccc4c3CC[C@H]4Oc3ccc4c(c3)OC[C@H]4CC(=O)O)cc2)n[nH]1. The monoisotopic (exact) mass is 535 g/mol. The molecule has 0 unspecified atom stereocenters. The van der Waals surface area contributed by atoms with Crippen molar-refractivity contribution in [2.45, 2.75) is 44.4 Å². The van der Waals surface area contributed by atoms with E-state index in [1.54, 1.807) is 49.4 Å². The van der Waals surface area contributed by atoms with Gasteiger partial charge >= 0.3 is 12.1 Å². The number of hydrogen-bond donors (Lipinski definition) is 2. The third-order valence-electron chi connectivity index (χ3n) is 7.25. The minimum atomic E-state index is -4.52. The molecule has 0 fully saturated rings. The smallest absolute Gasteiger partial charge is 0.417 e. The van der Waals surface area contributed by atoms with E-state index in [0.29, 0.717) is 52.7 Å². The molecular weight excluding hydrogens is 511 g/mol. The zero-order valence-electron chi connectivity index (χ0n) is 20.9. The summed E-state index contributed by atoms with van der Waals surface area (Å²) in [4.78, 5) is 15.4. The number of ether oxygens (including phenoxy) is 2. The van der Waals surface area contributed by atoms with Gasteiger partial charge in [0.25, 0.3) is 0 Å². The Hall–Kier alpha value is -4.34. The number of carbonyl (C=O) groups is 1. The third-order valence-corrected chi connectivity index (χ3v) is 7.25. The molecule has 39 heavy (non-hydrogen) atoms. The Morgan fingerprint density at radius 2 is 1.85 bits per heavy atom. The van der Waals surface area contributed by atoms with Crippen LogP contribution in [0.15, 0.2) is 54.6 Å². The molecule has 200 valence electrons. The quantitative estimate of drug-likeness (QED) is 0.293. The van der Waals surface area contributed by atoms with Crippen LogP contribution in [0.5, 0.6) is 11.5 Å². The van der Waals surface area contributed by atoms with Crippen LogP contribution in [0.25, 0.3) is 22.5 Å². The highest BCUT2D eigenvalue weighted by molar-refractivity contribution is 5.76. The summed E-state index contributed by atoms with van der Waals surface area (Å²) < 4.78 is 54.3. The lowest BCUT2D eigenvalue weighted by atomic mass is 9.91. The predicted octanol–water partition coefficient (Wildman–Crippen LogP) is 6.48. The zero-order chi connectivity index (χ0) is 27.3. The Balaban J connectivity index is 1.32. The van der Waals surface area contributed by atoms with Crippen molar-refractivity contribution in [2.24, 2.45) is 0 Å². The number of hydrogen-bond acceptors (Lipinski definition) is 5. The van der Waals surface area contributed by atoms with E-state index in [-0.39, 0.29) is 24.5 Å². The van der Waals surface area contributed by atoms with Crippen LogP contribution in [0.1, 0.15) is 52.9 Å². The van der Waals surface area contributed by atoms with Crippen molar-refractivity contribution in [1.82, 2.24) is 15.2 Å². The molecule has 2 atom stereocenters. The molecule has 2 heterocycles. The highest BCUT2D eigenvalue weighted by Gasteiger charge is 2.38. The molecule has 10 heteroatoms. The van der Waals surface area contributed by atoms with E-state index >= 15 is 0 Å². The highest BCUT2D eigenvalue weighted by atomic mass is 19.4. The minimum Gasteiger partial charge on any atom is -0.492 e. The standard InChI is InChI=1S/C29H24F3N3O4/c1-15-33-28(35-34-15)17-4-2-16(3-5-17)27-22-9-11-24(21(22)8-10-23(27)29(30,31)32)39-19-6-7-20-18(12-26(36)37)14-38-25(20)13-19/h2-8,10,13,18,24H,9,11-12,14H2,1H3,(H,36,37)(H,33,34,35)/t18-,24-/m1/s1. The molecule has 6 rings (SSSR count). The van der Waals surface area contributed by atoms with Crippen LogP contribution in [-0.4, -0.2) is 32.9 Å². The average molecular weight is 536 g/mol. The number of nitrogens with zero attached hydrogens (tertiary/aromatic N) is 2. The van der Waals surface area contributed by atoms with E-state index in [1.807, 2.05) is 0 Å². The molecular formula is C29H24F3N3O4. The van der Waals surface area contributed by atoms with Crippen molar-refractivity contribution in [3.8, 4) is 34.0 Å². The number of nitrogens with one attached hydrogen (secondary N) is 1. The van der Waals surface area contributed by atoms with Gasteiger partial charge < -0.3 is 14.6 Å². The number of H-pyrrole nitrogens is 1. The second-order valence-electron chi connectivity index (χ2n) is 9.83. The summed E-state index contributed by atoms with van der Waals surface area (Å²) in [5.74, 6) is 1.11. The second-order valence-corrected chi connectivity index (χ2v) is 9.83. The van der Waals surface area contributed by atoms with Gasteiger partial charge in [-0.3, -0.25) is 9.89 Å². The molecule has 0 saturated heterocycles. The molecule has 0 bridgehead atoms.